The van der Waals surface area contributed by atoms with Crippen LogP contribution < -0.4 is 10.6 Å². The minimum Gasteiger partial charge on any atom is -0.465 e. The van der Waals surface area contributed by atoms with Gasteiger partial charge in [-0.05, 0) is 35.9 Å². The van der Waals surface area contributed by atoms with Gasteiger partial charge in [0.1, 0.15) is 0 Å². The van der Waals surface area contributed by atoms with E-state index < -0.39 is 12.0 Å². The molecule has 0 saturated heterocycles. The Morgan fingerprint density at radius 1 is 1.13 bits per heavy atom. The van der Waals surface area contributed by atoms with E-state index in [-0.39, 0.29) is 0 Å². The third-order valence-electron chi connectivity index (χ3n) is 2.98. The van der Waals surface area contributed by atoms with Crippen LogP contribution in [0.3, 0.4) is 0 Å². The van der Waals surface area contributed by atoms with E-state index in [1.165, 1.54) is 25.3 Å². The Kier molecular flexibility index (Phi) is 5.84. The van der Waals surface area contributed by atoms with Gasteiger partial charge in [-0.15, -0.1) is 0 Å². The molecule has 0 spiro atoms. The van der Waals surface area contributed by atoms with E-state index in [1.807, 2.05) is 6.07 Å². The molecular formula is C16H14Cl2N2O3. The molecule has 0 unspecified atom stereocenters. The van der Waals surface area contributed by atoms with Gasteiger partial charge in [0.2, 0.25) is 0 Å². The number of nitrogens with one attached hydrogen (secondary N) is 2. The van der Waals surface area contributed by atoms with Crippen molar-refractivity contribution in [3.63, 3.8) is 0 Å². The Balaban J connectivity index is 2.01. The van der Waals surface area contributed by atoms with Crippen LogP contribution >= 0.6 is 23.2 Å². The molecule has 2 amide bonds. The van der Waals surface area contributed by atoms with E-state index in [0.717, 1.165) is 5.56 Å². The number of halogens is 2. The van der Waals surface area contributed by atoms with Crippen molar-refractivity contribution in [3.05, 3.63) is 63.6 Å². The number of hydrogen-bond acceptors (Lipinski definition) is 3. The molecule has 0 saturated carbocycles. The topological polar surface area (TPSA) is 67.4 Å². The van der Waals surface area contributed by atoms with Crippen LogP contribution in [0.25, 0.3) is 0 Å². The molecule has 23 heavy (non-hydrogen) atoms. The first kappa shape index (κ1) is 17.1. The average Bonchev–Trinajstić information content (AvgIpc) is 2.54. The van der Waals surface area contributed by atoms with E-state index in [2.05, 4.69) is 15.4 Å². The fraction of sp³-hybridized carbons (Fsp3) is 0.125. The van der Waals surface area contributed by atoms with Crippen molar-refractivity contribution in [3.8, 4) is 0 Å². The highest BCUT2D eigenvalue weighted by atomic mass is 35.5. The SMILES string of the molecule is COC(=O)c1ccc(Cl)c(NC(=O)NCc2cccc(Cl)c2)c1. The number of benzene rings is 2. The van der Waals surface area contributed by atoms with E-state index >= 15 is 0 Å². The lowest BCUT2D eigenvalue weighted by Gasteiger charge is -2.10. The first-order valence-electron chi connectivity index (χ1n) is 6.67. The monoisotopic (exact) mass is 352 g/mol. The molecule has 0 aliphatic rings. The van der Waals surface area contributed by atoms with Crippen molar-refractivity contribution in [2.45, 2.75) is 6.54 Å². The van der Waals surface area contributed by atoms with Crippen LogP contribution in [0.5, 0.6) is 0 Å². The molecule has 2 N–H and O–H groups in total. The van der Waals surface area contributed by atoms with Crippen molar-refractivity contribution in [2.75, 3.05) is 12.4 Å². The molecule has 2 rings (SSSR count). The summed E-state index contributed by atoms with van der Waals surface area (Å²) in [6.45, 7) is 0.306. The number of carbonyl (C=O) groups excluding carboxylic acids is 2. The highest BCUT2D eigenvalue weighted by Crippen LogP contribution is 2.23. The maximum absolute atomic E-state index is 11.9. The third kappa shape index (κ3) is 4.87. The lowest BCUT2D eigenvalue weighted by atomic mass is 10.2. The molecule has 2 aromatic rings. The predicted molar refractivity (Wildman–Crippen MR) is 90.1 cm³/mol. The zero-order valence-corrected chi connectivity index (χ0v) is 13.7. The number of amides is 2. The Morgan fingerprint density at radius 3 is 2.61 bits per heavy atom. The van der Waals surface area contributed by atoms with Gasteiger partial charge in [0.15, 0.2) is 0 Å². The zero-order valence-electron chi connectivity index (χ0n) is 12.2. The number of carbonyl (C=O) groups is 2. The van der Waals surface area contributed by atoms with Gasteiger partial charge in [-0.25, -0.2) is 9.59 Å². The highest BCUT2D eigenvalue weighted by Gasteiger charge is 2.11. The van der Waals surface area contributed by atoms with Gasteiger partial charge < -0.3 is 15.4 Å². The number of methoxy groups -OCH3 is 1. The van der Waals surface area contributed by atoms with Crippen LogP contribution in [-0.4, -0.2) is 19.1 Å². The summed E-state index contributed by atoms with van der Waals surface area (Å²) in [4.78, 5) is 23.4. The molecule has 0 aromatic heterocycles. The normalized spacial score (nSPS) is 10.0. The summed E-state index contributed by atoms with van der Waals surface area (Å²) in [7, 11) is 1.28. The van der Waals surface area contributed by atoms with Crippen molar-refractivity contribution in [1.29, 1.82) is 0 Å². The van der Waals surface area contributed by atoms with Gasteiger partial charge in [0, 0.05) is 11.6 Å². The molecular weight excluding hydrogens is 339 g/mol. The Labute approximate surface area is 143 Å². The van der Waals surface area contributed by atoms with Gasteiger partial charge in [-0.3, -0.25) is 0 Å². The standard InChI is InChI=1S/C16H14Cl2N2O3/c1-23-15(21)11-5-6-13(18)14(8-11)20-16(22)19-9-10-3-2-4-12(17)7-10/h2-8H,9H2,1H3,(H2,19,20,22). The lowest BCUT2D eigenvalue weighted by molar-refractivity contribution is 0.0600. The summed E-state index contributed by atoms with van der Waals surface area (Å²) >= 11 is 11.9. The van der Waals surface area contributed by atoms with E-state index in [4.69, 9.17) is 23.2 Å². The number of esters is 1. The fourth-order valence-electron chi connectivity index (χ4n) is 1.86. The summed E-state index contributed by atoms with van der Waals surface area (Å²) in [5, 5.41) is 6.18. The maximum Gasteiger partial charge on any atom is 0.337 e. The summed E-state index contributed by atoms with van der Waals surface area (Å²) in [5.74, 6) is -0.510. The molecule has 7 heteroatoms. The largest absolute Gasteiger partial charge is 0.465 e. The first-order chi connectivity index (χ1) is 11.0. The number of anilines is 1. The molecule has 0 atom stereocenters. The molecule has 0 bridgehead atoms. The zero-order chi connectivity index (χ0) is 16.8. The molecule has 5 nitrogen and oxygen atoms in total. The van der Waals surface area contributed by atoms with Crippen LogP contribution in [0.1, 0.15) is 15.9 Å². The molecule has 0 heterocycles. The van der Waals surface area contributed by atoms with Crippen LogP contribution in [0.4, 0.5) is 10.5 Å². The van der Waals surface area contributed by atoms with Crippen LogP contribution in [0.15, 0.2) is 42.5 Å². The van der Waals surface area contributed by atoms with Crippen LogP contribution in [0.2, 0.25) is 10.0 Å². The quantitative estimate of drug-likeness (QED) is 0.813. The third-order valence-corrected chi connectivity index (χ3v) is 3.54. The van der Waals surface area contributed by atoms with Crippen molar-refractivity contribution in [1.82, 2.24) is 5.32 Å². The van der Waals surface area contributed by atoms with Gasteiger partial charge in [0.25, 0.3) is 0 Å². The van der Waals surface area contributed by atoms with E-state index in [1.54, 1.807) is 18.2 Å². The Bertz CT molecular complexity index is 735. The number of ether oxygens (including phenoxy) is 1. The maximum atomic E-state index is 11.9. The van der Waals surface area contributed by atoms with Gasteiger partial charge >= 0.3 is 12.0 Å². The lowest BCUT2D eigenvalue weighted by Crippen LogP contribution is -2.28. The number of rotatable bonds is 4. The van der Waals surface area contributed by atoms with Gasteiger partial charge in [0.05, 0.1) is 23.4 Å². The summed E-state index contributed by atoms with van der Waals surface area (Å²) in [6.07, 6.45) is 0. The molecule has 120 valence electrons. The Hall–Kier alpha value is -2.24. The Morgan fingerprint density at radius 2 is 1.91 bits per heavy atom. The molecule has 0 aliphatic carbocycles. The summed E-state index contributed by atoms with van der Waals surface area (Å²) < 4.78 is 4.63. The predicted octanol–water partition coefficient (Wildman–Crippen LogP) is 4.10. The molecule has 0 radical (unpaired) electrons. The van der Waals surface area contributed by atoms with Gasteiger partial charge in [-0.1, -0.05) is 35.3 Å². The highest BCUT2D eigenvalue weighted by molar-refractivity contribution is 6.33. The van der Waals surface area contributed by atoms with E-state index in [9.17, 15) is 9.59 Å². The molecule has 0 aliphatic heterocycles. The van der Waals surface area contributed by atoms with Crippen LogP contribution in [0, 0.1) is 0 Å². The summed E-state index contributed by atoms with van der Waals surface area (Å²) in [6, 6.07) is 11.2. The number of urea groups is 1. The average molecular weight is 353 g/mol. The van der Waals surface area contributed by atoms with Crippen molar-refractivity contribution >= 4 is 40.9 Å². The second kappa shape index (κ2) is 7.85. The second-order valence-corrected chi connectivity index (χ2v) is 5.47. The number of hydrogen-bond donors (Lipinski definition) is 2. The minimum absolute atomic E-state index is 0.294. The smallest absolute Gasteiger partial charge is 0.337 e. The minimum atomic E-state index is -0.510. The first-order valence-corrected chi connectivity index (χ1v) is 7.42. The summed E-state index contributed by atoms with van der Waals surface area (Å²) in [5.41, 5.74) is 1.47. The van der Waals surface area contributed by atoms with E-state index in [0.29, 0.717) is 27.8 Å². The van der Waals surface area contributed by atoms with Crippen LogP contribution in [-0.2, 0) is 11.3 Å². The van der Waals surface area contributed by atoms with Crippen molar-refractivity contribution < 1.29 is 14.3 Å². The fourth-order valence-corrected chi connectivity index (χ4v) is 2.24. The molecule has 2 aromatic carbocycles. The van der Waals surface area contributed by atoms with Gasteiger partial charge in [-0.2, -0.15) is 0 Å². The second-order valence-electron chi connectivity index (χ2n) is 4.62. The molecule has 0 fully saturated rings. The van der Waals surface area contributed by atoms with Crippen molar-refractivity contribution in [2.24, 2.45) is 0 Å².